The van der Waals surface area contributed by atoms with E-state index in [1.54, 1.807) is 19.2 Å². The maximum atomic E-state index is 13.2. The zero-order chi connectivity index (χ0) is 14.5. The number of hydrogen-bond acceptors (Lipinski definition) is 3. The molecule has 1 unspecified atom stereocenters. The Balaban J connectivity index is 2.19. The zero-order valence-electron chi connectivity index (χ0n) is 11.1. The van der Waals surface area contributed by atoms with Crippen LogP contribution in [0.4, 0.5) is 14.5 Å². The third-order valence-electron chi connectivity index (χ3n) is 2.95. The number of rotatable bonds is 5. The summed E-state index contributed by atoms with van der Waals surface area (Å²) in [6, 6.07) is 10.2. The molecule has 3 nitrogen and oxygen atoms in total. The molecule has 2 aromatic rings. The van der Waals surface area contributed by atoms with Crippen molar-refractivity contribution >= 4 is 5.69 Å². The minimum Gasteiger partial charge on any atom is -0.497 e. The maximum absolute atomic E-state index is 13.2. The Morgan fingerprint density at radius 3 is 2.20 bits per heavy atom. The molecule has 0 aliphatic rings. The van der Waals surface area contributed by atoms with Gasteiger partial charge in [-0.1, -0.05) is 0 Å². The van der Waals surface area contributed by atoms with Gasteiger partial charge < -0.3 is 15.8 Å². The average Bonchev–Trinajstić information content (AvgIpc) is 2.44. The number of ether oxygens (including phenoxy) is 1. The van der Waals surface area contributed by atoms with E-state index in [-0.39, 0.29) is 12.6 Å². The van der Waals surface area contributed by atoms with Crippen LogP contribution in [-0.2, 0) is 0 Å². The monoisotopic (exact) mass is 278 g/mol. The Bertz CT molecular complexity index is 552. The fourth-order valence-electron chi connectivity index (χ4n) is 1.94. The van der Waals surface area contributed by atoms with Crippen molar-refractivity contribution in [3.05, 3.63) is 59.7 Å². The number of nitrogens with two attached hydrogens (primary N) is 1. The summed E-state index contributed by atoms with van der Waals surface area (Å²) >= 11 is 0. The molecule has 106 valence electrons. The SMILES string of the molecule is COc1ccc(NC(CN)c2cc(F)cc(F)c2)cc1. The van der Waals surface area contributed by atoms with Crippen LogP contribution in [-0.4, -0.2) is 13.7 Å². The number of methoxy groups -OCH3 is 1. The van der Waals surface area contributed by atoms with E-state index in [0.717, 1.165) is 17.5 Å². The van der Waals surface area contributed by atoms with Crippen LogP contribution in [0.25, 0.3) is 0 Å². The van der Waals surface area contributed by atoms with Gasteiger partial charge in [-0.3, -0.25) is 0 Å². The highest BCUT2D eigenvalue weighted by Crippen LogP contribution is 2.22. The van der Waals surface area contributed by atoms with Gasteiger partial charge in [0.1, 0.15) is 17.4 Å². The summed E-state index contributed by atoms with van der Waals surface area (Å²) < 4.78 is 31.5. The highest BCUT2D eigenvalue weighted by atomic mass is 19.1. The minimum atomic E-state index is -0.616. The maximum Gasteiger partial charge on any atom is 0.126 e. The van der Waals surface area contributed by atoms with Gasteiger partial charge in [0.05, 0.1) is 13.2 Å². The van der Waals surface area contributed by atoms with E-state index in [4.69, 9.17) is 10.5 Å². The number of hydrogen-bond donors (Lipinski definition) is 2. The lowest BCUT2D eigenvalue weighted by Gasteiger charge is -2.19. The van der Waals surface area contributed by atoms with Crippen LogP contribution in [0.3, 0.4) is 0 Å². The van der Waals surface area contributed by atoms with E-state index < -0.39 is 11.6 Å². The van der Waals surface area contributed by atoms with Crippen molar-refractivity contribution in [2.75, 3.05) is 19.0 Å². The first-order valence-electron chi connectivity index (χ1n) is 6.19. The van der Waals surface area contributed by atoms with Crippen LogP contribution >= 0.6 is 0 Å². The van der Waals surface area contributed by atoms with Gasteiger partial charge in [-0.05, 0) is 42.0 Å². The number of halogens is 2. The molecule has 0 saturated carbocycles. The summed E-state index contributed by atoms with van der Waals surface area (Å²) in [6.45, 7) is 0.217. The fraction of sp³-hybridized carbons (Fsp3) is 0.200. The van der Waals surface area contributed by atoms with Crippen molar-refractivity contribution in [2.45, 2.75) is 6.04 Å². The molecule has 0 amide bonds. The Hall–Kier alpha value is -2.14. The summed E-state index contributed by atoms with van der Waals surface area (Å²) in [7, 11) is 1.58. The first kappa shape index (κ1) is 14.3. The number of benzene rings is 2. The van der Waals surface area contributed by atoms with Gasteiger partial charge in [-0.2, -0.15) is 0 Å². The lowest BCUT2D eigenvalue weighted by Crippen LogP contribution is -2.20. The molecule has 0 fully saturated rings. The Morgan fingerprint density at radius 1 is 1.10 bits per heavy atom. The van der Waals surface area contributed by atoms with Gasteiger partial charge in [-0.15, -0.1) is 0 Å². The minimum absolute atomic E-state index is 0.217. The van der Waals surface area contributed by atoms with Gasteiger partial charge in [0.2, 0.25) is 0 Å². The van der Waals surface area contributed by atoms with Crippen LogP contribution in [0.2, 0.25) is 0 Å². The molecule has 20 heavy (non-hydrogen) atoms. The third-order valence-corrected chi connectivity index (χ3v) is 2.95. The molecule has 2 rings (SSSR count). The van der Waals surface area contributed by atoms with E-state index in [0.29, 0.717) is 5.56 Å². The summed E-state index contributed by atoms with van der Waals surface area (Å²) in [5.41, 5.74) is 6.95. The van der Waals surface area contributed by atoms with Gasteiger partial charge >= 0.3 is 0 Å². The van der Waals surface area contributed by atoms with Crippen LogP contribution in [0.1, 0.15) is 11.6 Å². The van der Waals surface area contributed by atoms with Gasteiger partial charge in [0.15, 0.2) is 0 Å². The first-order chi connectivity index (χ1) is 9.62. The van der Waals surface area contributed by atoms with E-state index in [9.17, 15) is 8.78 Å². The van der Waals surface area contributed by atoms with E-state index in [1.807, 2.05) is 12.1 Å². The van der Waals surface area contributed by atoms with Crippen molar-refractivity contribution in [3.8, 4) is 5.75 Å². The molecular formula is C15H16F2N2O. The molecule has 0 radical (unpaired) electrons. The lowest BCUT2D eigenvalue weighted by atomic mass is 10.1. The second-order valence-corrected chi connectivity index (χ2v) is 4.36. The van der Waals surface area contributed by atoms with Crippen molar-refractivity contribution < 1.29 is 13.5 Å². The first-order valence-corrected chi connectivity index (χ1v) is 6.19. The summed E-state index contributed by atoms with van der Waals surface area (Å²) in [5.74, 6) is -0.499. The van der Waals surface area contributed by atoms with Gasteiger partial charge in [0.25, 0.3) is 0 Å². The number of anilines is 1. The molecular weight excluding hydrogens is 262 g/mol. The number of nitrogens with one attached hydrogen (secondary N) is 1. The molecule has 0 aliphatic heterocycles. The molecule has 0 bridgehead atoms. The van der Waals surface area contributed by atoms with Crippen molar-refractivity contribution in [1.82, 2.24) is 0 Å². The Morgan fingerprint density at radius 2 is 1.70 bits per heavy atom. The zero-order valence-corrected chi connectivity index (χ0v) is 11.1. The molecule has 0 heterocycles. The predicted molar refractivity (Wildman–Crippen MR) is 74.8 cm³/mol. The summed E-state index contributed by atoms with van der Waals surface area (Å²) in [4.78, 5) is 0. The molecule has 0 saturated heterocycles. The largest absolute Gasteiger partial charge is 0.497 e. The van der Waals surface area contributed by atoms with Gasteiger partial charge in [0, 0.05) is 18.3 Å². The molecule has 0 spiro atoms. The quantitative estimate of drug-likeness (QED) is 0.883. The average molecular weight is 278 g/mol. The van der Waals surface area contributed by atoms with E-state index in [2.05, 4.69) is 5.32 Å². The smallest absolute Gasteiger partial charge is 0.126 e. The Labute approximate surface area is 116 Å². The van der Waals surface area contributed by atoms with Crippen LogP contribution < -0.4 is 15.8 Å². The standard InChI is InChI=1S/C15H16F2N2O/c1-20-14-4-2-13(3-5-14)19-15(9-18)10-6-11(16)8-12(17)7-10/h2-8,15,19H,9,18H2,1H3. The summed E-state index contributed by atoms with van der Waals surface area (Å²) in [6.07, 6.45) is 0. The highest BCUT2D eigenvalue weighted by Gasteiger charge is 2.12. The molecule has 5 heteroatoms. The molecule has 0 aromatic heterocycles. The summed E-state index contributed by atoms with van der Waals surface area (Å²) in [5, 5.41) is 3.14. The van der Waals surface area contributed by atoms with Crippen molar-refractivity contribution in [1.29, 1.82) is 0 Å². The normalized spacial score (nSPS) is 12.0. The van der Waals surface area contributed by atoms with Gasteiger partial charge in [-0.25, -0.2) is 8.78 Å². The predicted octanol–water partition coefficient (Wildman–Crippen LogP) is 3.09. The van der Waals surface area contributed by atoms with Crippen LogP contribution in [0.15, 0.2) is 42.5 Å². The van der Waals surface area contributed by atoms with E-state index >= 15 is 0 Å². The molecule has 0 aliphatic carbocycles. The lowest BCUT2D eigenvalue weighted by molar-refractivity contribution is 0.415. The topological polar surface area (TPSA) is 47.3 Å². The van der Waals surface area contributed by atoms with Crippen molar-refractivity contribution in [2.24, 2.45) is 5.73 Å². The third kappa shape index (κ3) is 3.45. The second kappa shape index (κ2) is 6.34. The molecule has 2 aromatic carbocycles. The second-order valence-electron chi connectivity index (χ2n) is 4.36. The molecule has 3 N–H and O–H groups in total. The van der Waals surface area contributed by atoms with Crippen LogP contribution in [0.5, 0.6) is 5.75 Å². The fourth-order valence-corrected chi connectivity index (χ4v) is 1.94. The van der Waals surface area contributed by atoms with Crippen LogP contribution in [0, 0.1) is 11.6 Å². The van der Waals surface area contributed by atoms with Crippen molar-refractivity contribution in [3.63, 3.8) is 0 Å². The van der Waals surface area contributed by atoms with E-state index in [1.165, 1.54) is 12.1 Å². The Kier molecular flexibility index (Phi) is 4.53. The molecule has 1 atom stereocenters. The highest BCUT2D eigenvalue weighted by molar-refractivity contribution is 5.48.